The molecule has 0 bridgehead atoms. The molecule has 1 aromatic rings. The van der Waals surface area contributed by atoms with Gasteiger partial charge < -0.3 is 5.32 Å². The van der Waals surface area contributed by atoms with Gasteiger partial charge >= 0.3 is 18.1 Å². The molecule has 98 valence electrons. The minimum atomic E-state index is -5.18. The Labute approximate surface area is 106 Å². The second-order valence-electron chi connectivity index (χ2n) is 3.03. The van der Waals surface area contributed by atoms with Crippen LogP contribution in [0.15, 0.2) is 22.7 Å². The Morgan fingerprint density at radius 1 is 1.22 bits per heavy atom. The van der Waals surface area contributed by atoms with Gasteiger partial charge in [-0.05, 0) is 18.2 Å². The van der Waals surface area contributed by atoms with E-state index in [-0.39, 0.29) is 5.69 Å². The third-order valence-corrected chi connectivity index (χ3v) is 2.16. The van der Waals surface area contributed by atoms with Crippen molar-refractivity contribution in [1.29, 1.82) is 0 Å². The van der Waals surface area contributed by atoms with E-state index in [1.54, 1.807) is 5.32 Å². The highest BCUT2D eigenvalue weighted by Gasteiger charge is 2.39. The Bertz CT molecular complexity index is 490. The fourth-order valence-corrected chi connectivity index (χ4v) is 1.25. The number of rotatable bonds is 1. The number of benzene rings is 1. The minimum Gasteiger partial charge on any atom is -0.305 e. The first kappa shape index (κ1) is 14.4. The van der Waals surface area contributed by atoms with Gasteiger partial charge in [-0.3, -0.25) is 10.1 Å². The first-order chi connectivity index (χ1) is 8.20. The van der Waals surface area contributed by atoms with Crippen LogP contribution in [-0.4, -0.2) is 18.1 Å². The predicted octanol–water partition coefficient (Wildman–Crippen LogP) is 2.80. The number of halogens is 5. The van der Waals surface area contributed by atoms with Crippen LogP contribution in [0.1, 0.15) is 0 Å². The van der Waals surface area contributed by atoms with E-state index >= 15 is 0 Å². The Hall–Kier alpha value is -1.64. The van der Waals surface area contributed by atoms with Crippen LogP contribution in [0.5, 0.6) is 0 Å². The Morgan fingerprint density at radius 3 is 2.33 bits per heavy atom. The number of hydrogen-bond donors (Lipinski definition) is 2. The van der Waals surface area contributed by atoms with Gasteiger partial charge in [0, 0.05) is 4.47 Å². The van der Waals surface area contributed by atoms with Crippen LogP contribution in [0, 0.1) is 5.82 Å². The van der Waals surface area contributed by atoms with Crippen molar-refractivity contribution in [3.8, 4) is 0 Å². The van der Waals surface area contributed by atoms with E-state index in [0.29, 0.717) is 4.47 Å². The molecular formula is C9H5BrF4N2O2. The zero-order chi connectivity index (χ0) is 13.9. The summed E-state index contributed by atoms with van der Waals surface area (Å²) in [5, 5.41) is 2.79. The summed E-state index contributed by atoms with van der Waals surface area (Å²) < 4.78 is 49.0. The highest BCUT2D eigenvalue weighted by atomic mass is 79.9. The highest BCUT2D eigenvalue weighted by molar-refractivity contribution is 9.10. The molecular weight excluding hydrogens is 324 g/mol. The summed E-state index contributed by atoms with van der Waals surface area (Å²) in [6, 6.07) is 2.02. The Morgan fingerprint density at radius 2 is 1.83 bits per heavy atom. The number of hydrogen-bond acceptors (Lipinski definition) is 2. The van der Waals surface area contributed by atoms with E-state index in [4.69, 9.17) is 0 Å². The number of imide groups is 1. The average molecular weight is 329 g/mol. The molecule has 2 N–H and O–H groups in total. The summed E-state index contributed by atoms with van der Waals surface area (Å²) in [6.45, 7) is 0. The lowest BCUT2D eigenvalue weighted by molar-refractivity contribution is -0.172. The van der Waals surface area contributed by atoms with Crippen molar-refractivity contribution >= 4 is 33.6 Å². The zero-order valence-electron chi connectivity index (χ0n) is 8.44. The molecule has 1 aromatic carbocycles. The molecule has 0 radical (unpaired) electrons. The number of anilines is 1. The van der Waals surface area contributed by atoms with Crippen LogP contribution >= 0.6 is 15.9 Å². The molecule has 0 atom stereocenters. The van der Waals surface area contributed by atoms with Crippen LogP contribution < -0.4 is 10.6 Å². The van der Waals surface area contributed by atoms with E-state index in [1.165, 1.54) is 6.07 Å². The third kappa shape index (κ3) is 3.99. The van der Waals surface area contributed by atoms with Crippen molar-refractivity contribution in [2.75, 3.05) is 5.32 Å². The fraction of sp³-hybridized carbons (Fsp3) is 0.111. The zero-order valence-corrected chi connectivity index (χ0v) is 10.0. The normalized spacial score (nSPS) is 10.9. The smallest absolute Gasteiger partial charge is 0.305 e. The van der Waals surface area contributed by atoms with Crippen molar-refractivity contribution in [2.45, 2.75) is 6.18 Å². The largest absolute Gasteiger partial charge is 0.471 e. The average Bonchev–Trinajstić information content (AvgIpc) is 2.20. The molecule has 0 heterocycles. The van der Waals surface area contributed by atoms with Gasteiger partial charge in [0.05, 0.1) is 5.69 Å². The topological polar surface area (TPSA) is 58.2 Å². The number of urea groups is 1. The maximum absolute atomic E-state index is 13.2. The molecule has 0 aliphatic heterocycles. The maximum Gasteiger partial charge on any atom is 0.471 e. The summed E-state index contributed by atoms with van der Waals surface area (Å²) in [4.78, 5) is 21.4. The van der Waals surface area contributed by atoms with Crippen molar-refractivity contribution in [2.24, 2.45) is 0 Å². The van der Waals surface area contributed by atoms with Gasteiger partial charge in [-0.2, -0.15) is 13.2 Å². The van der Waals surface area contributed by atoms with Crippen LogP contribution in [-0.2, 0) is 4.79 Å². The van der Waals surface area contributed by atoms with Gasteiger partial charge in [-0.25, -0.2) is 9.18 Å². The molecule has 0 fully saturated rings. The summed E-state index contributed by atoms with van der Waals surface area (Å²) in [5.41, 5.74) is -0.356. The number of carbonyl (C=O) groups excluding carboxylic acids is 2. The molecule has 9 heteroatoms. The van der Waals surface area contributed by atoms with Gasteiger partial charge in [-0.1, -0.05) is 15.9 Å². The van der Waals surface area contributed by atoms with Gasteiger partial charge in [-0.15, -0.1) is 0 Å². The van der Waals surface area contributed by atoms with Crippen molar-refractivity contribution in [1.82, 2.24) is 5.32 Å². The number of amides is 3. The molecule has 0 saturated carbocycles. The van der Waals surface area contributed by atoms with Crippen molar-refractivity contribution < 1.29 is 27.2 Å². The van der Waals surface area contributed by atoms with Crippen LogP contribution in [0.3, 0.4) is 0 Å². The van der Waals surface area contributed by atoms with Gasteiger partial charge in [0.2, 0.25) is 0 Å². The standard InChI is InChI=1S/C9H5BrF4N2O2/c10-4-1-2-6(5(11)3-4)15-8(18)16-7(17)9(12,13)14/h1-3H,(H2,15,16,17,18). The second kappa shape index (κ2) is 5.34. The number of alkyl halides is 3. The minimum absolute atomic E-state index is 0.356. The molecule has 18 heavy (non-hydrogen) atoms. The third-order valence-electron chi connectivity index (χ3n) is 1.66. The SMILES string of the molecule is O=C(NC(=O)C(F)(F)F)Nc1ccc(Br)cc1F. The lowest BCUT2D eigenvalue weighted by Crippen LogP contribution is -2.42. The predicted molar refractivity (Wildman–Crippen MR) is 57.3 cm³/mol. The van der Waals surface area contributed by atoms with E-state index in [2.05, 4.69) is 15.9 Å². The molecule has 3 amide bonds. The lowest BCUT2D eigenvalue weighted by atomic mass is 10.3. The van der Waals surface area contributed by atoms with E-state index in [9.17, 15) is 27.2 Å². The second-order valence-corrected chi connectivity index (χ2v) is 3.95. The van der Waals surface area contributed by atoms with Crippen LogP contribution in [0.2, 0.25) is 0 Å². The van der Waals surface area contributed by atoms with Crippen molar-refractivity contribution in [3.05, 3.63) is 28.5 Å². The molecule has 0 unspecified atom stereocenters. The molecule has 1 rings (SSSR count). The highest BCUT2D eigenvalue weighted by Crippen LogP contribution is 2.19. The van der Waals surface area contributed by atoms with Gasteiger partial charge in [0.15, 0.2) is 0 Å². The molecule has 4 nitrogen and oxygen atoms in total. The molecule has 0 aliphatic carbocycles. The summed E-state index contributed by atoms with van der Waals surface area (Å²) in [6.07, 6.45) is -5.18. The van der Waals surface area contributed by atoms with E-state index in [1.807, 2.05) is 0 Å². The van der Waals surface area contributed by atoms with E-state index in [0.717, 1.165) is 17.4 Å². The summed E-state index contributed by atoms with van der Waals surface area (Å²) >= 11 is 2.96. The fourth-order valence-electron chi connectivity index (χ4n) is 0.918. The number of carbonyl (C=O) groups is 2. The van der Waals surface area contributed by atoms with Gasteiger partial charge in [0.25, 0.3) is 0 Å². The number of nitrogens with one attached hydrogen (secondary N) is 2. The lowest BCUT2D eigenvalue weighted by Gasteiger charge is -2.09. The molecule has 0 saturated heterocycles. The van der Waals surface area contributed by atoms with Crippen LogP contribution in [0.25, 0.3) is 0 Å². The first-order valence-corrected chi connectivity index (χ1v) is 5.13. The van der Waals surface area contributed by atoms with Gasteiger partial charge in [0.1, 0.15) is 5.82 Å². The molecule has 0 aliphatic rings. The summed E-state index contributed by atoms with van der Waals surface area (Å²) in [7, 11) is 0. The van der Waals surface area contributed by atoms with Crippen LogP contribution in [0.4, 0.5) is 28.0 Å². The maximum atomic E-state index is 13.2. The Kier molecular flexibility index (Phi) is 4.28. The monoisotopic (exact) mass is 328 g/mol. The Balaban J connectivity index is 2.68. The van der Waals surface area contributed by atoms with E-state index < -0.39 is 23.9 Å². The molecule has 0 spiro atoms. The van der Waals surface area contributed by atoms with Crippen molar-refractivity contribution in [3.63, 3.8) is 0 Å². The quantitative estimate of drug-likeness (QED) is 0.779. The first-order valence-electron chi connectivity index (χ1n) is 4.34. The summed E-state index contributed by atoms with van der Waals surface area (Å²) in [5.74, 6) is -3.29. The molecule has 0 aromatic heterocycles.